The first kappa shape index (κ1) is 20.4. The van der Waals surface area contributed by atoms with Crippen LogP contribution in [-0.4, -0.2) is 33.4 Å². The number of nitrogens with zero attached hydrogens (tertiary/aromatic N) is 2. The summed E-state index contributed by atoms with van der Waals surface area (Å²) in [4.78, 5) is 20.8. The zero-order valence-electron chi connectivity index (χ0n) is 16.8. The van der Waals surface area contributed by atoms with Crippen LogP contribution >= 0.6 is 0 Å². The summed E-state index contributed by atoms with van der Waals surface area (Å²) in [6, 6.07) is 7.14. The summed E-state index contributed by atoms with van der Waals surface area (Å²) in [6.45, 7) is 5.60. The third kappa shape index (κ3) is 4.39. The van der Waals surface area contributed by atoms with Gasteiger partial charge in [-0.25, -0.2) is 14.8 Å². The lowest BCUT2D eigenvalue weighted by Crippen LogP contribution is -2.39. The van der Waals surface area contributed by atoms with E-state index in [-0.39, 0.29) is 6.61 Å². The molecular formula is C22H28N2O4. The number of ether oxygens (including phenoxy) is 2. The lowest BCUT2D eigenvalue weighted by molar-refractivity contribution is -0.187. The molecule has 0 amide bonds. The van der Waals surface area contributed by atoms with Crippen LogP contribution in [0.25, 0.3) is 11.4 Å². The van der Waals surface area contributed by atoms with Gasteiger partial charge >= 0.3 is 5.97 Å². The number of unbranched alkanes of at least 4 members (excludes halogenated alkanes) is 3. The molecule has 1 aliphatic rings. The summed E-state index contributed by atoms with van der Waals surface area (Å²) in [6.07, 6.45) is 9.61. The summed E-state index contributed by atoms with van der Waals surface area (Å²) in [5.74, 6) is -1.38. The first-order valence-electron chi connectivity index (χ1n) is 9.86. The van der Waals surface area contributed by atoms with E-state index >= 15 is 0 Å². The van der Waals surface area contributed by atoms with E-state index in [1.54, 1.807) is 26.0 Å². The first-order chi connectivity index (χ1) is 13.4. The van der Waals surface area contributed by atoms with Gasteiger partial charge in [0.25, 0.3) is 0 Å². The van der Waals surface area contributed by atoms with Crippen molar-refractivity contribution in [1.29, 1.82) is 0 Å². The van der Waals surface area contributed by atoms with Crippen LogP contribution in [0.15, 0.2) is 36.7 Å². The number of aryl methyl sites for hydroxylation is 1. The van der Waals surface area contributed by atoms with Crippen LogP contribution in [0.4, 0.5) is 0 Å². The van der Waals surface area contributed by atoms with E-state index in [9.17, 15) is 9.90 Å². The molecule has 0 aliphatic carbocycles. The lowest BCUT2D eigenvalue weighted by atomic mass is 9.93. The number of carboxylic acid groups (broad SMARTS) is 1. The fourth-order valence-corrected chi connectivity index (χ4v) is 3.40. The average molecular weight is 384 g/mol. The van der Waals surface area contributed by atoms with Crippen LogP contribution in [0.2, 0.25) is 0 Å². The van der Waals surface area contributed by atoms with Crippen molar-refractivity contribution in [1.82, 2.24) is 9.97 Å². The number of benzene rings is 1. The Morgan fingerprint density at radius 2 is 1.79 bits per heavy atom. The number of carbonyl (C=O) groups is 1. The standard InChI is InChI=1S/C22H28N2O4/c1-4-5-6-7-8-16-13-23-19(24-14-16)17-9-11-18(12-10-17)22(20(25)26)15-27-21(2,3)28-22/h9-14H,4-8,15H2,1-3H3,(H,25,26)/t22-/m0/s1. The monoisotopic (exact) mass is 384 g/mol. The molecule has 1 aromatic heterocycles. The molecule has 6 nitrogen and oxygen atoms in total. The van der Waals surface area contributed by atoms with Crippen LogP contribution in [0.3, 0.4) is 0 Å². The summed E-state index contributed by atoms with van der Waals surface area (Å²) in [7, 11) is 0. The lowest BCUT2D eigenvalue weighted by Gasteiger charge is -2.25. The zero-order chi connectivity index (χ0) is 20.2. The predicted molar refractivity (Wildman–Crippen MR) is 106 cm³/mol. The quantitative estimate of drug-likeness (QED) is 0.682. The Balaban J connectivity index is 1.73. The van der Waals surface area contributed by atoms with Crippen molar-refractivity contribution in [2.75, 3.05) is 6.61 Å². The molecule has 0 spiro atoms. The number of hydrogen-bond donors (Lipinski definition) is 1. The van der Waals surface area contributed by atoms with Crippen LogP contribution in [0, 0.1) is 0 Å². The second-order valence-corrected chi connectivity index (χ2v) is 7.73. The van der Waals surface area contributed by atoms with E-state index in [2.05, 4.69) is 16.9 Å². The van der Waals surface area contributed by atoms with Gasteiger partial charge < -0.3 is 14.6 Å². The largest absolute Gasteiger partial charge is 0.479 e. The summed E-state index contributed by atoms with van der Waals surface area (Å²) >= 11 is 0. The van der Waals surface area contributed by atoms with Gasteiger partial charge in [0.15, 0.2) is 11.6 Å². The fourth-order valence-electron chi connectivity index (χ4n) is 3.40. The average Bonchev–Trinajstić information content (AvgIpc) is 3.03. The molecular weight excluding hydrogens is 356 g/mol. The maximum atomic E-state index is 11.9. The number of aromatic nitrogens is 2. The molecule has 1 aliphatic heterocycles. The van der Waals surface area contributed by atoms with Gasteiger partial charge in [-0.1, -0.05) is 50.5 Å². The summed E-state index contributed by atoms with van der Waals surface area (Å²) < 4.78 is 11.3. The third-order valence-corrected chi connectivity index (χ3v) is 5.02. The molecule has 3 rings (SSSR count). The zero-order valence-corrected chi connectivity index (χ0v) is 16.8. The maximum Gasteiger partial charge on any atom is 0.343 e. The number of rotatable bonds is 8. The maximum absolute atomic E-state index is 11.9. The molecule has 1 atom stereocenters. The SMILES string of the molecule is CCCCCCc1cnc(-c2ccc([C@]3(C(=O)O)COC(C)(C)O3)cc2)nc1. The highest BCUT2D eigenvalue weighted by atomic mass is 16.8. The van der Waals surface area contributed by atoms with Crippen molar-refractivity contribution < 1.29 is 19.4 Å². The Morgan fingerprint density at radius 1 is 1.11 bits per heavy atom. The van der Waals surface area contributed by atoms with E-state index in [1.807, 2.05) is 24.5 Å². The van der Waals surface area contributed by atoms with E-state index in [0.717, 1.165) is 24.0 Å². The number of hydrogen-bond acceptors (Lipinski definition) is 5. The van der Waals surface area contributed by atoms with Gasteiger partial charge in [0.1, 0.15) is 0 Å². The molecule has 1 aromatic carbocycles. The second kappa shape index (κ2) is 8.37. The van der Waals surface area contributed by atoms with Gasteiger partial charge in [-0.05, 0) is 37.8 Å². The van der Waals surface area contributed by atoms with Crippen molar-refractivity contribution >= 4 is 5.97 Å². The molecule has 0 bridgehead atoms. The highest BCUT2D eigenvalue weighted by molar-refractivity contribution is 5.80. The highest BCUT2D eigenvalue weighted by Crippen LogP contribution is 2.39. The van der Waals surface area contributed by atoms with Gasteiger partial charge in [0.2, 0.25) is 5.60 Å². The van der Waals surface area contributed by atoms with Gasteiger partial charge in [0, 0.05) is 18.0 Å². The molecule has 2 heterocycles. The van der Waals surface area contributed by atoms with Crippen LogP contribution in [0.1, 0.15) is 57.6 Å². The van der Waals surface area contributed by atoms with Crippen molar-refractivity contribution in [3.05, 3.63) is 47.8 Å². The van der Waals surface area contributed by atoms with Crippen molar-refractivity contribution in [3.8, 4) is 11.4 Å². The molecule has 0 unspecified atom stereocenters. The van der Waals surface area contributed by atoms with Crippen LogP contribution < -0.4 is 0 Å². The van der Waals surface area contributed by atoms with Crippen LogP contribution in [0.5, 0.6) is 0 Å². The number of carboxylic acids is 1. The molecule has 1 N–H and O–H groups in total. The fraction of sp³-hybridized carbons (Fsp3) is 0.500. The first-order valence-corrected chi connectivity index (χ1v) is 9.86. The Labute approximate surface area is 165 Å². The Bertz CT molecular complexity index is 802. The Morgan fingerprint density at radius 3 is 2.32 bits per heavy atom. The van der Waals surface area contributed by atoms with Gasteiger partial charge in [0.05, 0.1) is 6.61 Å². The van der Waals surface area contributed by atoms with Crippen molar-refractivity contribution in [3.63, 3.8) is 0 Å². The van der Waals surface area contributed by atoms with E-state index in [0.29, 0.717) is 11.4 Å². The molecule has 2 aromatic rings. The van der Waals surface area contributed by atoms with E-state index in [4.69, 9.17) is 9.47 Å². The molecule has 1 saturated heterocycles. The van der Waals surface area contributed by atoms with E-state index < -0.39 is 17.4 Å². The van der Waals surface area contributed by atoms with Gasteiger partial charge in [-0.3, -0.25) is 0 Å². The molecule has 1 fully saturated rings. The summed E-state index contributed by atoms with van der Waals surface area (Å²) in [5, 5.41) is 9.74. The molecule has 0 saturated carbocycles. The Kier molecular flexibility index (Phi) is 6.10. The minimum atomic E-state index is -1.49. The molecule has 6 heteroatoms. The smallest absolute Gasteiger partial charge is 0.343 e. The topological polar surface area (TPSA) is 81.5 Å². The second-order valence-electron chi connectivity index (χ2n) is 7.73. The van der Waals surface area contributed by atoms with Crippen molar-refractivity contribution in [2.24, 2.45) is 0 Å². The van der Waals surface area contributed by atoms with Gasteiger partial charge in [-0.15, -0.1) is 0 Å². The number of aliphatic carboxylic acids is 1. The highest BCUT2D eigenvalue weighted by Gasteiger charge is 2.52. The van der Waals surface area contributed by atoms with Crippen LogP contribution in [-0.2, 0) is 26.3 Å². The molecule has 150 valence electrons. The minimum Gasteiger partial charge on any atom is -0.479 e. The minimum absolute atomic E-state index is 0.0299. The van der Waals surface area contributed by atoms with Gasteiger partial charge in [-0.2, -0.15) is 0 Å². The normalized spacial score (nSPS) is 21.0. The predicted octanol–water partition coefficient (Wildman–Crippen LogP) is 4.33. The van der Waals surface area contributed by atoms with Crippen molar-refractivity contribution in [2.45, 2.75) is 64.3 Å². The third-order valence-electron chi connectivity index (χ3n) is 5.02. The summed E-state index contributed by atoms with van der Waals surface area (Å²) in [5.41, 5.74) is 1.02. The van der Waals surface area contributed by atoms with E-state index in [1.165, 1.54) is 19.3 Å². The molecule has 28 heavy (non-hydrogen) atoms. The Hall–Kier alpha value is -2.31. The molecule has 0 radical (unpaired) electrons.